The lowest BCUT2D eigenvalue weighted by molar-refractivity contribution is 0.269. The molecule has 0 saturated carbocycles. The van der Waals surface area contributed by atoms with Crippen LogP contribution in [0.3, 0.4) is 0 Å². The van der Waals surface area contributed by atoms with Gasteiger partial charge in [-0.2, -0.15) is 13.5 Å². The molecule has 0 aliphatic carbocycles. The van der Waals surface area contributed by atoms with Crippen LogP contribution in [-0.4, -0.2) is 21.2 Å². The van der Waals surface area contributed by atoms with Crippen LogP contribution in [0.1, 0.15) is 23.6 Å². The Bertz CT molecular complexity index is 1100. The van der Waals surface area contributed by atoms with Crippen molar-refractivity contribution >= 4 is 16.2 Å². The van der Waals surface area contributed by atoms with Gasteiger partial charge in [-0.25, -0.2) is 4.83 Å². The maximum atomic E-state index is 12.3. The van der Waals surface area contributed by atoms with Gasteiger partial charge in [0.15, 0.2) is 11.5 Å². The first-order valence-corrected chi connectivity index (χ1v) is 11.0. The van der Waals surface area contributed by atoms with Crippen molar-refractivity contribution < 1.29 is 17.9 Å². The molecular formula is C23H24N2O4S. The zero-order chi connectivity index (χ0) is 21.4. The molecule has 30 heavy (non-hydrogen) atoms. The smallest absolute Gasteiger partial charge is 0.276 e. The molecule has 1 N–H and O–H groups in total. The Morgan fingerprint density at radius 1 is 0.933 bits per heavy atom. The average molecular weight is 425 g/mol. The van der Waals surface area contributed by atoms with Crippen molar-refractivity contribution in [2.75, 3.05) is 6.61 Å². The molecule has 0 bridgehead atoms. The summed E-state index contributed by atoms with van der Waals surface area (Å²) < 4.78 is 36.2. The molecule has 3 rings (SSSR count). The summed E-state index contributed by atoms with van der Waals surface area (Å²) in [6.07, 6.45) is 1.43. The van der Waals surface area contributed by atoms with E-state index in [0.29, 0.717) is 30.3 Å². The maximum absolute atomic E-state index is 12.3. The number of hydrogen-bond donors (Lipinski definition) is 1. The van der Waals surface area contributed by atoms with Crippen LogP contribution in [0.4, 0.5) is 0 Å². The van der Waals surface area contributed by atoms with E-state index in [9.17, 15) is 8.42 Å². The predicted molar refractivity (Wildman–Crippen MR) is 117 cm³/mol. The van der Waals surface area contributed by atoms with Gasteiger partial charge in [-0.1, -0.05) is 48.0 Å². The van der Waals surface area contributed by atoms with Gasteiger partial charge in [0, 0.05) is 0 Å². The normalized spacial score (nSPS) is 11.4. The third-order valence-electron chi connectivity index (χ3n) is 4.22. The first-order valence-electron chi connectivity index (χ1n) is 9.53. The lowest BCUT2D eigenvalue weighted by Crippen LogP contribution is -2.18. The van der Waals surface area contributed by atoms with E-state index in [4.69, 9.17) is 9.47 Å². The minimum Gasteiger partial charge on any atom is -0.490 e. The number of hydrogen-bond acceptors (Lipinski definition) is 5. The maximum Gasteiger partial charge on any atom is 0.276 e. The summed E-state index contributed by atoms with van der Waals surface area (Å²) >= 11 is 0. The summed E-state index contributed by atoms with van der Waals surface area (Å²) in [6.45, 7) is 4.68. The Kier molecular flexibility index (Phi) is 7.08. The third kappa shape index (κ3) is 5.84. The fourth-order valence-corrected chi connectivity index (χ4v) is 3.46. The molecule has 156 valence electrons. The number of sulfonamides is 1. The van der Waals surface area contributed by atoms with Gasteiger partial charge >= 0.3 is 0 Å². The van der Waals surface area contributed by atoms with Crippen LogP contribution < -0.4 is 14.3 Å². The highest BCUT2D eigenvalue weighted by molar-refractivity contribution is 7.89. The van der Waals surface area contributed by atoms with Crippen molar-refractivity contribution in [1.82, 2.24) is 4.83 Å². The van der Waals surface area contributed by atoms with Crippen LogP contribution >= 0.6 is 0 Å². The number of benzene rings is 3. The predicted octanol–water partition coefficient (Wildman–Crippen LogP) is 4.29. The van der Waals surface area contributed by atoms with Crippen LogP contribution in [0.2, 0.25) is 0 Å². The monoisotopic (exact) mass is 424 g/mol. The van der Waals surface area contributed by atoms with E-state index >= 15 is 0 Å². The molecule has 0 heterocycles. The second kappa shape index (κ2) is 9.93. The quantitative estimate of drug-likeness (QED) is 0.411. The van der Waals surface area contributed by atoms with E-state index in [1.165, 1.54) is 6.21 Å². The van der Waals surface area contributed by atoms with Gasteiger partial charge in [-0.15, -0.1) is 0 Å². The molecule has 0 unspecified atom stereocenters. The molecule has 0 amide bonds. The average Bonchev–Trinajstić information content (AvgIpc) is 2.74. The van der Waals surface area contributed by atoms with Gasteiger partial charge < -0.3 is 9.47 Å². The van der Waals surface area contributed by atoms with Crippen LogP contribution in [0.25, 0.3) is 0 Å². The second-order valence-corrected chi connectivity index (χ2v) is 8.24. The number of ether oxygens (including phenoxy) is 2. The highest BCUT2D eigenvalue weighted by Crippen LogP contribution is 2.29. The number of nitrogens with zero attached hydrogens (tertiary/aromatic N) is 1. The summed E-state index contributed by atoms with van der Waals surface area (Å²) in [4.78, 5) is 2.38. The van der Waals surface area contributed by atoms with Crippen molar-refractivity contribution in [1.29, 1.82) is 0 Å². The number of aryl methyl sites for hydroxylation is 1. The van der Waals surface area contributed by atoms with Gasteiger partial charge in [0.2, 0.25) is 0 Å². The molecule has 0 aromatic heterocycles. The summed E-state index contributed by atoms with van der Waals surface area (Å²) in [7, 11) is -3.72. The van der Waals surface area contributed by atoms with Crippen LogP contribution in [0.15, 0.2) is 82.8 Å². The summed E-state index contributed by atoms with van der Waals surface area (Å²) in [5.74, 6) is 1.18. The van der Waals surface area contributed by atoms with Crippen LogP contribution in [0, 0.1) is 6.92 Å². The highest BCUT2D eigenvalue weighted by Gasteiger charge is 2.12. The Labute approximate surface area is 177 Å². The lowest BCUT2D eigenvalue weighted by atomic mass is 10.2. The molecule has 3 aromatic rings. The summed E-state index contributed by atoms with van der Waals surface area (Å²) in [5, 5.41) is 3.88. The van der Waals surface area contributed by atoms with Crippen LogP contribution in [-0.2, 0) is 16.6 Å². The third-order valence-corrected chi connectivity index (χ3v) is 5.46. The Morgan fingerprint density at radius 2 is 1.67 bits per heavy atom. The minimum absolute atomic E-state index is 0.157. The Morgan fingerprint density at radius 3 is 2.37 bits per heavy atom. The van der Waals surface area contributed by atoms with Crippen molar-refractivity contribution in [2.45, 2.75) is 25.3 Å². The van der Waals surface area contributed by atoms with Crippen LogP contribution in [0.5, 0.6) is 11.5 Å². The van der Waals surface area contributed by atoms with Gasteiger partial charge in [0.05, 0.1) is 17.7 Å². The molecule has 0 saturated heterocycles. The SMILES string of the molecule is CCOc1cc(/C=N\NS(=O)(=O)c2ccc(C)cc2)ccc1OCc1ccccc1. The summed E-state index contributed by atoms with van der Waals surface area (Å²) in [5.41, 5.74) is 2.71. The number of rotatable bonds is 9. The molecular weight excluding hydrogens is 400 g/mol. The molecule has 7 heteroatoms. The molecule has 6 nitrogen and oxygen atoms in total. The molecule has 0 fully saturated rings. The van der Waals surface area contributed by atoms with E-state index in [0.717, 1.165) is 11.1 Å². The Hall–Kier alpha value is -3.32. The fraction of sp³-hybridized carbons (Fsp3) is 0.174. The first-order chi connectivity index (χ1) is 14.5. The fourth-order valence-electron chi connectivity index (χ4n) is 2.67. The molecule has 0 atom stereocenters. The zero-order valence-corrected chi connectivity index (χ0v) is 17.7. The Balaban J connectivity index is 1.69. The van der Waals surface area contributed by atoms with Gasteiger partial charge in [-0.05, 0) is 55.3 Å². The van der Waals surface area contributed by atoms with Crippen molar-refractivity contribution in [3.05, 3.63) is 89.5 Å². The molecule has 0 spiro atoms. The van der Waals surface area contributed by atoms with Crippen molar-refractivity contribution in [3.63, 3.8) is 0 Å². The second-order valence-electron chi connectivity index (χ2n) is 6.58. The van der Waals surface area contributed by atoms with Crippen molar-refractivity contribution in [2.24, 2.45) is 5.10 Å². The molecule has 3 aromatic carbocycles. The largest absolute Gasteiger partial charge is 0.490 e. The molecule has 0 radical (unpaired) electrons. The lowest BCUT2D eigenvalue weighted by Gasteiger charge is -2.12. The van der Waals surface area contributed by atoms with E-state index < -0.39 is 10.0 Å². The van der Waals surface area contributed by atoms with Gasteiger partial charge in [-0.3, -0.25) is 0 Å². The molecule has 0 aliphatic heterocycles. The van der Waals surface area contributed by atoms with E-state index in [-0.39, 0.29) is 4.90 Å². The van der Waals surface area contributed by atoms with Crippen molar-refractivity contribution in [3.8, 4) is 11.5 Å². The highest BCUT2D eigenvalue weighted by atomic mass is 32.2. The van der Waals surface area contributed by atoms with E-state index in [2.05, 4.69) is 9.93 Å². The van der Waals surface area contributed by atoms with Gasteiger partial charge in [0.25, 0.3) is 10.0 Å². The standard InChI is InChI=1S/C23H24N2O4S/c1-3-28-23-15-20(11-14-22(23)29-17-19-7-5-4-6-8-19)16-24-25-30(26,27)21-12-9-18(2)10-13-21/h4-16,25H,3,17H2,1-2H3/b24-16-. The van der Waals surface area contributed by atoms with E-state index in [1.54, 1.807) is 42.5 Å². The first kappa shape index (κ1) is 21.4. The minimum atomic E-state index is -3.72. The van der Waals surface area contributed by atoms with E-state index in [1.807, 2.05) is 44.2 Å². The zero-order valence-electron chi connectivity index (χ0n) is 16.9. The number of hydrazone groups is 1. The molecule has 0 aliphatic rings. The van der Waals surface area contributed by atoms with Gasteiger partial charge in [0.1, 0.15) is 6.61 Å². The summed E-state index contributed by atoms with van der Waals surface area (Å²) in [6, 6.07) is 21.7. The number of nitrogens with one attached hydrogen (secondary N) is 1. The topological polar surface area (TPSA) is 77.0 Å².